The number of nitrogens with zero attached hydrogens (tertiary/aromatic N) is 1. The molecule has 0 unspecified atom stereocenters. The van der Waals surface area contributed by atoms with Crippen LogP contribution in [0.25, 0.3) is 6.08 Å². The summed E-state index contributed by atoms with van der Waals surface area (Å²) in [7, 11) is 2.13. The molecule has 1 aliphatic rings. The van der Waals surface area contributed by atoms with E-state index in [1.54, 1.807) is 0 Å². The van der Waals surface area contributed by atoms with E-state index in [1.165, 1.54) is 17.7 Å². The van der Waals surface area contributed by atoms with Crippen LogP contribution in [0.5, 0.6) is 0 Å². The second kappa shape index (κ2) is 4.14. The van der Waals surface area contributed by atoms with Gasteiger partial charge in [0.05, 0.1) is 0 Å². The molecule has 0 N–H and O–H groups in total. The molecule has 0 spiro atoms. The van der Waals surface area contributed by atoms with E-state index >= 15 is 0 Å². The maximum atomic E-state index is 2.28. The van der Waals surface area contributed by atoms with E-state index in [0.717, 1.165) is 6.54 Å². The maximum absolute atomic E-state index is 2.28. The fourth-order valence-electron chi connectivity index (χ4n) is 1.63. The normalized spacial score (nSPS) is 16.4. The van der Waals surface area contributed by atoms with Crippen LogP contribution in [-0.2, 0) is 0 Å². The van der Waals surface area contributed by atoms with E-state index in [2.05, 4.69) is 54.4 Å². The quantitative estimate of drug-likeness (QED) is 0.684. The highest BCUT2D eigenvalue weighted by Gasteiger charge is 2.05. The number of allylic oxidation sites excluding steroid dienone is 1. The molecule has 1 nitrogen and oxygen atoms in total. The minimum absolute atomic E-state index is 1.15. The smallest absolute Gasteiger partial charge is 0.0324 e. The zero-order chi connectivity index (χ0) is 9.80. The van der Waals surface area contributed by atoms with Crippen LogP contribution < -0.4 is 0 Å². The van der Waals surface area contributed by atoms with Crippen molar-refractivity contribution in [3.8, 4) is 0 Å². The van der Waals surface area contributed by atoms with E-state index in [0.29, 0.717) is 0 Å². The summed E-state index contributed by atoms with van der Waals surface area (Å²) < 4.78 is 0. The second-order valence-electron chi connectivity index (χ2n) is 3.58. The van der Waals surface area contributed by atoms with Gasteiger partial charge in [-0.2, -0.15) is 0 Å². The van der Waals surface area contributed by atoms with Crippen LogP contribution >= 0.6 is 0 Å². The Kier molecular flexibility index (Phi) is 2.68. The molecule has 1 aliphatic heterocycles. The molecule has 0 atom stereocenters. The van der Waals surface area contributed by atoms with Gasteiger partial charge < -0.3 is 4.90 Å². The van der Waals surface area contributed by atoms with Crippen LogP contribution in [0.4, 0.5) is 0 Å². The van der Waals surface area contributed by atoms with Gasteiger partial charge in [0, 0.05) is 19.3 Å². The van der Waals surface area contributed by atoms with Crippen LogP contribution in [0.3, 0.4) is 0 Å². The third-order valence-corrected chi connectivity index (χ3v) is 2.50. The van der Waals surface area contributed by atoms with Gasteiger partial charge in [0.15, 0.2) is 0 Å². The van der Waals surface area contributed by atoms with Crippen LogP contribution in [0.2, 0.25) is 0 Å². The van der Waals surface area contributed by atoms with Crippen molar-refractivity contribution in [1.29, 1.82) is 0 Å². The Bertz CT molecular complexity index is 349. The van der Waals surface area contributed by atoms with Crippen LogP contribution in [-0.4, -0.2) is 18.5 Å². The fourth-order valence-corrected chi connectivity index (χ4v) is 1.63. The summed E-state index contributed by atoms with van der Waals surface area (Å²) >= 11 is 0. The van der Waals surface area contributed by atoms with Gasteiger partial charge in [0.2, 0.25) is 0 Å². The van der Waals surface area contributed by atoms with E-state index in [1.807, 2.05) is 6.07 Å². The van der Waals surface area contributed by atoms with Crippen molar-refractivity contribution in [1.82, 2.24) is 4.90 Å². The molecule has 1 heterocycles. The van der Waals surface area contributed by atoms with E-state index < -0.39 is 0 Å². The highest BCUT2D eigenvalue weighted by atomic mass is 15.1. The summed E-state index contributed by atoms with van der Waals surface area (Å²) in [6.07, 6.45) is 7.79. The number of rotatable bonds is 2. The lowest BCUT2D eigenvalue weighted by atomic mass is 10.2. The summed E-state index contributed by atoms with van der Waals surface area (Å²) in [5, 5.41) is 0. The van der Waals surface area contributed by atoms with Crippen molar-refractivity contribution >= 4 is 6.08 Å². The highest BCUT2D eigenvalue weighted by Crippen LogP contribution is 2.14. The van der Waals surface area contributed by atoms with Crippen molar-refractivity contribution in [2.24, 2.45) is 0 Å². The number of likely N-dealkylation sites (N-methyl/N-ethyl adjacent to an activating group) is 1. The van der Waals surface area contributed by atoms with E-state index in [-0.39, 0.29) is 0 Å². The lowest BCUT2D eigenvalue weighted by Gasteiger charge is -2.12. The van der Waals surface area contributed by atoms with Gasteiger partial charge >= 0.3 is 0 Å². The SMILES string of the molecule is CN1CCC=C1/C=C/c1ccccc1. The molecule has 14 heavy (non-hydrogen) atoms. The fraction of sp³-hybridized carbons (Fsp3) is 0.231. The predicted octanol–water partition coefficient (Wildman–Crippen LogP) is 2.92. The van der Waals surface area contributed by atoms with Crippen molar-refractivity contribution in [2.45, 2.75) is 6.42 Å². The average molecular weight is 185 g/mol. The number of hydrogen-bond acceptors (Lipinski definition) is 1. The number of hydrogen-bond donors (Lipinski definition) is 0. The molecule has 0 saturated heterocycles. The average Bonchev–Trinajstić information content (AvgIpc) is 2.63. The first-order valence-electron chi connectivity index (χ1n) is 5.01. The summed E-state index contributed by atoms with van der Waals surface area (Å²) in [6.45, 7) is 1.15. The van der Waals surface area contributed by atoms with Crippen molar-refractivity contribution in [3.05, 3.63) is 53.7 Å². The Morgan fingerprint density at radius 2 is 1.93 bits per heavy atom. The minimum atomic E-state index is 1.15. The van der Waals surface area contributed by atoms with E-state index in [9.17, 15) is 0 Å². The molecular weight excluding hydrogens is 170 g/mol. The lowest BCUT2D eigenvalue weighted by molar-refractivity contribution is 0.472. The molecule has 72 valence electrons. The molecular formula is C13H15N. The standard InChI is InChI=1S/C13H15N/c1-14-11-5-8-13(14)10-9-12-6-3-2-4-7-12/h2-4,6-10H,5,11H2,1H3/b10-9+. The third-order valence-electron chi connectivity index (χ3n) is 2.50. The van der Waals surface area contributed by atoms with Crippen LogP contribution in [0.15, 0.2) is 48.2 Å². The summed E-state index contributed by atoms with van der Waals surface area (Å²) in [4.78, 5) is 2.28. The van der Waals surface area contributed by atoms with Crippen molar-refractivity contribution < 1.29 is 0 Å². The lowest BCUT2D eigenvalue weighted by Crippen LogP contribution is -2.11. The number of benzene rings is 1. The summed E-state index contributed by atoms with van der Waals surface area (Å²) in [5.74, 6) is 0. The zero-order valence-corrected chi connectivity index (χ0v) is 8.48. The summed E-state index contributed by atoms with van der Waals surface area (Å²) in [6, 6.07) is 10.4. The molecule has 1 aromatic carbocycles. The molecule has 0 aliphatic carbocycles. The molecule has 0 amide bonds. The minimum Gasteiger partial charge on any atom is -0.375 e. The largest absolute Gasteiger partial charge is 0.375 e. The van der Waals surface area contributed by atoms with Gasteiger partial charge in [-0.1, -0.05) is 42.5 Å². The monoisotopic (exact) mass is 185 g/mol. The molecule has 0 saturated carbocycles. The molecule has 0 aromatic heterocycles. The third kappa shape index (κ3) is 2.05. The van der Waals surface area contributed by atoms with Gasteiger partial charge in [-0.3, -0.25) is 0 Å². The zero-order valence-electron chi connectivity index (χ0n) is 8.48. The Hall–Kier alpha value is -1.50. The molecule has 0 radical (unpaired) electrons. The molecule has 0 fully saturated rings. The topological polar surface area (TPSA) is 3.24 Å². The van der Waals surface area contributed by atoms with E-state index in [4.69, 9.17) is 0 Å². The van der Waals surface area contributed by atoms with Gasteiger partial charge in [-0.25, -0.2) is 0 Å². The van der Waals surface area contributed by atoms with Crippen molar-refractivity contribution in [2.75, 3.05) is 13.6 Å². The van der Waals surface area contributed by atoms with Crippen LogP contribution in [0, 0.1) is 0 Å². The molecule has 0 bridgehead atoms. The first-order chi connectivity index (χ1) is 6.86. The Morgan fingerprint density at radius 1 is 1.14 bits per heavy atom. The Labute approximate surface area is 85.4 Å². The van der Waals surface area contributed by atoms with Gasteiger partial charge in [0.1, 0.15) is 0 Å². The molecule has 2 rings (SSSR count). The summed E-state index contributed by atoms with van der Waals surface area (Å²) in [5.41, 5.74) is 2.59. The van der Waals surface area contributed by atoms with Gasteiger partial charge in [-0.05, 0) is 18.1 Å². The first-order valence-corrected chi connectivity index (χ1v) is 5.01. The maximum Gasteiger partial charge on any atom is 0.0324 e. The Morgan fingerprint density at radius 3 is 2.57 bits per heavy atom. The molecule has 1 aromatic rings. The first kappa shape index (κ1) is 9.07. The van der Waals surface area contributed by atoms with Crippen LogP contribution in [0.1, 0.15) is 12.0 Å². The second-order valence-corrected chi connectivity index (χ2v) is 3.58. The predicted molar refractivity (Wildman–Crippen MR) is 60.8 cm³/mol. The molecule has 1 heteroatoms. The van der Waals surface area contributed by atoms with Gasteiger partial charge in [-0.15, -0.1) is 0 Å². The van der Waals surface area contributed by atoms with Gasteiger partial charge in [0.25, 0.3) is 0 Å². The van der Waals surface area contributed by atoms with Crippen molar-refractivity contribution in [3.63, 3.8) is 0 Å². The highest BCUT2D eigenvalue weighted by molar-refractivity contribution is 5.52. The Balaban J connectivity index is 2.08.